The van der Waals surface area contributed by atoms with Gasteiger partial charge in [-0.3, -0.25) is 0 Å². The highest BCUT2D eigenvalue weighted by Gasteiger charge is 2.53. The Bertz CT molecular complexity index is 614. The largest absolute Gasteiger partial charge is 0.525 e. The van der Waals surface area contributed by atoms with Crippen molar-refractivity contribution in [3.63, 3.8) is 0 Å². The van der Waals surface area contributed by atoms with Gasteiger partial charge in [-0.15, -0.1) is 0 Å². The number of anilines is 1. The maximum absolute atomic E-state index is 14.8. The predicted molar refractivity (Wildman–Crippen MR) is 92.4 cm³/mol. The SMILES string of the molecule is CC1(C)OB(C(F)=Cc2cccnc2N2CCOCC2)OC1(C)C. The number of ether oxygens (including phenoxy) is 1. The van der Waals surface area contributed by atoms with Crippen LogP contribution in [0.1, 0.15) is 33.3 Å². The lowest BCUT2D eigenvalue weighted by Gasteiger charge is -2.32. The molecule has 3 heterocycles. The smallest absolute Gasteiger partial charge is 0.398 e. The van der Waals surface area contributed by atoms with Crippen LogP contribution < -0.4 is 4.90 Å². The van der Waals surface area contributed by atoms with Gasteiger partial charge in [0.1, 0.15) is 11.5 Å². The first-order chi connectivity index (χ1) is 11.3. The lowest BCUT2D eigenvalue weighted by atomic mass is 9.87. The number of hydrogen-bond donors (Lipinski definition) is 0. The fourth-order valence-electron chi connectivity index (χ4n) is 2.73. The molecule has 0 N–H and O–H groups in total. The van der Waals surface area contributed by atoms with E-state index in [1.165, 1.54) is 6.08 Å². The second-order valence-electron chi connectivity index (χ2n) is 7.13. The zero-order valence-electron chi connectivity index (χ0n) is 14.7. The van der Waals surface area contributed by atoms with E-state index in [0.717, 1.165) is 18.9 Å². The molecule has 2 aliphatic rings. The molecule has 0 spiro atoms. The van der Waals surface area contributed by atoms with E-state index in [0.29, 0.717) is 18.8 Å². The number of halogens is 1. The first kappa shape index (κ1) is 17.4. The molecular formula is C17H24BFN2O3. The average Bonchev–Trinajstić information content (AvgIpc) is 2.77. The van der Waals surface area contributed by atoms with Crippen LogP contribution in [0.2, 0.25) is 0 Å². The normalized spacial score (nSPS) is 23.6. The Morgan fingerprint density at radius 1 is 1.21 bits per heavy atom. The second kappa shape index (κ2) is 6.46. The molecule has 0 aliphatic carbocycles. The van der Waals surface area contributed by atoms with E-state index in [-0.39, 0.29) is 0 Å². The van der Waals surface area contributed by atoms with Gasteiger partial charge in [0, 0.05) is 24.8 Å². The Balaban J connectivity index is 1.84. The van der Waals surface area contributed by atoms with Crippen molar-refractivity contribution in [2.75, 3.05) is 31.2 Å². The molecule has 0 unspecified atom stereocenters. The minimum Gasteiger partial charge on any atom is -0.398 e. The van der Waals surface area contributed by atoms with Crippen molar-refractivity contribution in [3.8, 4) is 0 Å². The number of nitrogens with zero attached hydrogens (tertiary/aromatic N) is 2. The minimum absolute atomic E-state index is 0.448. The Hall–Kier alpha value is -1.44. The van der Waals surface area contributed by atoms with Crippen LogP contribution in [-0.4, -0.2) is 49.6 Å². The summed E-state index contributed by atoms with van der Waals surface area (Å²) in [6, 6.07) is 3.65. The van der Waals surface area contributed by atoms with E-state index >= 15 is 0 Å². The fourth-order valence-corrected chi connectivity index (χ4v) is 2.73. The van der Waals surface area contributed by atoms with Gasteiger partial charge in [0.25, 0.3) is 0 Å². The highest BCUT2D eigenvalue weighted by atomic mass is 19.1. The van der Waals surface area contributed by atoms with Gasteiger partial charge in [-0.1, -0.05) is 0 Å². The molecule has 0 atom stereocenters. The molecule has 1 aromatic heterocycles. The Morgan fingerprint density at radius 2 is 1.83 bits per heavy atom. The van der Waals surface area contributed by atoms with Gasteiger partial charge in [0.05, 0.1) is 24.4 Å². The molecule has 5 nitrogen and oxygen atoms in total. The van der Waals surface area contributed by atoms with E-state index in [1.807, 2.05) is 33.8 Å². The molecule has 0 aromatic carbocycles. The van der Waals surface area contributed by atoms with Crippen LogP contribution in [0.4, 0.5) is 10.2 Å². The molecule has 7 heteroatoms. The molecular weight excluding hydrogens is 310 g/mol. The van der Waals surface area contributed by atoms with E-state index in [4.69, 9.17) is 14.0 Å². The summed E-state index contributed by atoms with van der Waals surface area (Å²) in [5, 5.41) is 0. The van der Waals surface area contributed by atoms with Crippen molar-refractivity contribution in [2.24, 2.45) is 0 Å². The topological polar surface area (TPSA) is 43.8 Å². The van der Waals surface area contributed by atoms with Crippen LogP contribution >= 0.6 is 0 Å². The quantitative estimate of drug-likeness (QED) is 0.796. The molecule has 0 amide bonds. The first-order valence-electron chi connectivity index (χ1n) is 8.31. The van der Waals surface area contributed by atoms with Crippen LogP contribution in [0, 0.1) is 0 Å². The van der Waals surface area contributed by atoms with Crippen molar-refractivity contribution in [3.05, 3.63) is 29.6 Å². The molecule has 2 aliphatic heterocycles. The summed E-state index contributed by atoms with van der Waals surface area (Å²) in [6.45, 7) is 10.4. The number of morpholine rings is 1. The third kappa shape index (κ3) is 3.34. The molecule has 0 radical (unpaired) electrons. The van der Waals surface area contributed by atoms with Crippen LogP contribution in [0.5, 0.6) is 0 Å². The van der Waals surface area contributed by atoms with Gasteiger partial charge in [-0.05, 0) is 45.9 Å². The Labute approximate surface area is 142 Å². The van der Waals surface area contributed by atoms with Crippen molar-refractivity contribution in [2.45, 2.75) is 38.9 Å². The number of aromatic nitrogens is 1. The molecule has 0 saturated carbocycles. The molecule has 130 valence electrons. The van der Waals surface area contributed by atoms with Crippen LogP contribution in [0.15, 0.2) is 24.1 Å². The fraction of sp³-hybridized carbons (Fsp3) is 0.588. The zero-order chi connectivity index (χ0) is 17.4. The van der Waals surface area contributed by atoms with Crippen molar-refractivity contribution in [1.82, 2.24) is 4.98 Å². The Morgan fingerprint density at radius 3 is 2.46 bits per heavy atom. The summed E-state index contributed by atoms with van der Waals surface area (Å²) in [5.74, 6) is 0.757. The van der Waals surface area contributed by atoms with Crippen molar-refractivity contribution < 1.29 is 18.4 Å². The first-order valence-corrected chi connectivity index (χ1v) is 8.31. The molecule has 2 saturated heterocycles. The van der Waals surface area contributed by atoms with E-state index in [1.54, 1.807) is 12.3 Å². The lowest BCUT2D eigenvalue weighted by molar-refractivity contribution is 0.00578. The predicted octanol–water partition coefficient (Wildman–Crippen LogP) is 2.86. The third-order valence-electron chi connectivity index (χ3n) is 4.90. The van der Waals surface area contributed by atoms with Gasteiger partial charge < -0.3 is 18.9 Å². The van der Waals surface area contributed by atoms with E-state index in [9.17, 15) is 4.39 Å². The maximum atomic E-state index is 14.8. The summed E-state index contributed by atoms with van der Waals surface area (Å²) >= 11 is 0. The van der Waals surface area contributed by atoms with E-state index in [2.05, 4.69) is 9.88 Å². The summed E-state index contributed by atoms with van der Waals surface area (Å²) < 4.78 is 31.7. The highest BCUT2D eigenvalue weighted by Crippen LogP contribution is 2.39. The molecule has 24 heavy (non-hydrogen) atoms. The van der Waals surface area contributed by atoms with Gasteiger partial charge in [-0.2, -0.15) is 0 Å². The second-order valence-corrected chi connectivity index (χ2v) is 7.13. The third-order valence-corrected chi connectivity index (χ3v) is 4.90. The van der Waals surface area contributed by atoms with Crippen molar-refractivity contribution >= 4 is 19.0 Å². The van der Waals surface area contributed by atoms with Gasteiger partial charge >= 0.3 is 7.12 Å². The maximum Gasteiger partial charge on any atom is 0.525 e. The summed E-state index contributed by atoms with van der Waals surface area (Å²) in [6.07, 6.45) is 3.18. The Kier molecular flexibility index (Phi) is 4.68. The average molecular weight is 334 g/mol. The highest BCUT2D eigenvalue weighted by molar-refractivity contribution is 6.54. The van der Waals surface area contributed by atoms with Gasteiger partial charge in [0.15, 0.2) is 0 Å². The molecule has 3 rings (SSSR count). The van der Waals surface area contributed by atoms with Crippen LogP contribution in [0.25, 0.3) is 6.08 Å². The zero-order valence-corrected chi connectivity index (χ0v) is 14.7. The summed E-state index contributed by atoms with van der Waals surface area (Å²) in [4.78, 5) is 6.52. The molecule has 1 aromatic rings. The lowest BCUT2D eigenvalue weighted by Crippen LogP contribution is -2.41. The molecule has 2 fully saturated rings. The van der Waals surface area contributed by atoms with Crippen LogP contribution in [0.3, 0.4) is 0 Å². The number of rotatable bonds is 3. The van der Waals surface area contributed by atoms with E-state index < -0.39 is 24.0 Å². The van der Waals surface area contributed by atoms with Gasteiger partial charge in [-0.25, -0.2) is 9.37 Å². The summed E-state index contributed by atoms with van der Waals surface area (Å²) in [7, 11) is -0.993. The number of pyridine rings is 1. The minimum atomic E-state index is -0.993. The standard InChI is InChI=1S/C17H24BFN2O3/c1-16(2)17(3,4)24-18(23-16)14(19)12-13-6-5-7-20-15(13)21-8-10-22-11-9-21/h5-7,12H,8-11H2,1-4H3. The number of hydrogen-bond acceptors (Lipinski definition) is 5. The van der Waals surface area contributed by atoms with Crippen LogP contribution in [-0.2, 0) is 14.0 Å². The monoisotopic (exact) mass is 334 g/mol. The molecule has 0 bridgehead atoms. The van der Waals surface area contributed by atoms with Gasteiger partial charge in [0.2, 0.25) is 0 Å². The van der Waals surface area contributed by atoms with Crippen molar-refractivity contribution in [1.29, 1.82) is 0 Å². The summed E-state index contributed by atoms with van der Waals surface area (Å²) in [5.41, 5.74) is -0.863.